The third-order valence-corrected chi connectivity index (χ3v) is 2.30. The topological polar surface area (TPSA) is 26.0 Å². The molecular weight excluding hydrogens is 122 g/mol. The lowest BCUT2D eigenvalue weighted by Crippen LogP contribution is -2.08. The summed E-state index contributed by atoms with van der Waals surface area (Å²) in [5.74, 6) is 2.04. The van der Waals surface area contributed by atoms with Crippen LogP contribution in [0.2, 0.25) is 0 Å². The van der Waals surface area contributed by atoms with Crippen molar-refractivity contribution in [1.29, 1.82) is 0 Å². The van der Waals surface area contributed by atoms with Crippen molar-refractivity contribution in [2.75, 3.05) is 7.05 Å². The second-order valence-corrected chi connectivity index (χ2v) is 3.37. The van der Waals surface area contributed by atoms with Gasteiger partial charge in [0, 0.05) is 0 Å². The third-order valence-electron chi connectivity index (χ3n) is 2.30. The van der Waals surface area contributed by atoms with Crippen molar-refractivity contribution in [2.45, 2.75) is 39.5 Å². The predicted octanol–water partition coefficient (Wildman–Crippen LogP) is 2.41. The molecule has 1 fully saturated rings. The van der Waals surface area contributed by atoms with Crippen LogP contribution in [0.5, 0.6) is 0 Å². The number of hydrogen-bond acceptors (Lipinski definition) is 1. The molecule has 0 heterocycles. The number of rotatable bonds is 0. The normalized spacial score (nSPS) is 32.4. The van der Waals surface area contributed by atoms with Crippen molar-refractivity contribution in [3.63, 3.8) is 0 Å². The van der Waals surface area contributed by atoms with Crippen LogP contribution in [0.15, 0.2) is 0 Å². The standard InChI is InChI=1S/C8H16.CH5N/c1-7-3-5-8(2)6-4-7;1-2/h7-8H,3-6H2,1-2H3;2H2,1H3. The first-order valence-electron chi connectivity index (χ1n) is 4.37. The van der Waals surface area contributed by atoms with Crippen molar-refractivity contribution >= 4 is 0 Å². The maximum absolute atomic E-state index is 4.50. The zero-order chi connectivity index (χ0) is 7.98. The lowest BCUT2D eigenvalue weighted by molar-refractivity contribution is 0.308. The molecule has 0 aliphatic heterocycles. The van der Waals surface area contributed by atoms with Crippen LogP contribution in [0.3, 0.4) is 0 Å². The summed E-state index contributed by atoms with van der Waals surface area (Å²) in [6.07, 6.45) is 5.89. The molecule has 0 bridgehead atoms. The Balaban J connectivity index is 0.000000371. The summed E-state index contributed by atoms with van der Waals surface area (Å²) < 4.78 is 0. The van der Waals surface area contributed by atoms with E-state index in [0.717, 1.165) is 11.8 Å². The Labute approximate surface area is 65.0 Å². The third kappa shape index (κ3) is 3.89. The summed E-state index contributed by atoms with van der Waals surface area (Å²) in [5.41, 5.74) is 4.50. The molecule has 0 radical (unpaired) electrons. The molecule has 0 amide bonds. The summed E-state index contributed by atoms with van der Waals surface area (Å²) in [7, 11) is 1.50. The van der Waals surface area contributed by atoms with Crippen LogP contribution in [-0.4, -0.2) is 7.05 Å². The molecule has 2 N–H and O–H groups in total. The van der Waals surface area contributed by atoms with Gasteiger partial charge in [-0.25, -0.2) is 0 Å². The van der Waals surface area contributed by atoms with Gasteiger partial charge in [0.1, 0.15) is 0 Å². The zero-order valence-corrected chi connectivity index (χ0v) is 7.56. The van der Waals surface area contributed by atoms with Gasteiger partial charge in [-0.3, -0.25) is 0 Å². The Bertz CT molecular complexity index is 53.1. The van der Waals surface area contributed by atoms with Crippen LogP contribution in [0.4, 0.5) is 0 Å². The van der Waals surface area contributed by atoms with Crippen molar-refractivity contribution in [1.82, 2.24) is 0 Å². The van der Waals surface area contributed by atoms with Crippen LogP contribution in [-0.2, 0) is 0 Å². The average Bonchev–Trinajstić information content (AvgIpc) is 2.00. The van der Waals surface area contributed by atoms with Gasteiger partial charge >= 0.3 is 0 Å². The highest BCUT2D eigenvalue weighted by molar-refractivity contribution is 4.65. The summed E-state index contributed by atoms with van der Waals surface area (Å²) in [6.45, 7) is 4.73. The van der Waals surface area contributed by atoms with Crippen LogP contribution in [0.25, 0.3) is 0 Å². The fraction of sp³-hybridized carbons (Fsp3) is 1.00. The SMILES string of the molecule is CC1CCC(C)CC1.CN. The molecule has 0 spiro atoms. The molecule has 1 aliphatic rings. The van der Waals surface area contributed by atoms with Crippen molar-refractivity contribution in [3.8, 4) is 0 Å². The molecule has 10 heavy (non-hydrogen) atoms. The van der Waals surface area contributed by atoms with E-state index < -0.39 is 0 Å². The lowest BCUT2D eigenvalue weighted by atomic mass is 9.84. The molecule has 1 saturated carbocycles. The smallest absolute Gasteiger partial charge is 0.0195 e. The Kier molecular flexibility index (Phi) is 5.70. The fourth-order valence-electron chi connectivity index (χ4n) is 1.43. The Morgan fingerprint density at radius 1 is 0.800 bits per heavy atom. The van der Waals surface area contributed by atoms with Crippen LogP contribution in [0, 0.1) is 11.8 Å². The molecule has 0 aromatic heterocycles. The molecule has 0 unspecified atom stereocenters. The van der Waals surface area contributed by atoms with Crippen LogP contribution in [0.1, 0.15) is 39.5 Å². The number of nitrogens with two attached hydrogens (primary N) is 1. The molecule has 1 rings (SSSR count). The fourth-order valence-corrected chi connectivity index (χ4v) is 1.43. The largest absolute Gasteiger partial charge is 0.333 e. The predicted molar refractivity (Wildman–Crippen MR) is 46.9 cm³/mol. The maximum atomic E-state index is 4.50. The van der Waals surface area contributed by atoms with E-state index in [4.69, 9.17) is 0 Å². The molecular formula is C9H21N. The van der Waals surface area contributed by atoms with Crippen LogP contribution < -0.4 is 5.73 Å². The molecule has 1 heteroatoms. The average molecular weight is 143 g/mol. The van der Waals surface area contributed by atoms with Gasteiger partial charge in [0.15, 0.2) is 0 Å². The van der Waals surface area contributed by atoms with Crippen molar-refractivity contribution in [3.05, 3.63) is 0 Å². The highest BCUT2D eigenvalue weighted by Crippen LogP contribution is 2.27. The quantitative estimate of drug-likeness (QED) is 0.553. The van der Waals surface area contributed by atoms with Gasteiger partial charge in [-0.1, -0.05) is 39.5 Å². The van der Waals surface area contributed by atoms with E-state index in [1.165, 1.54) is 32.7 Å². The summed E-state index contributed by atoms with van der Waals surface area (Å²) in [6, 6.07) is 0. The van der Waals surface area contributed by atoms with E-state index in [1.54, 1.807) is 0 Å². The van der Waals surface area contributed by atoms with E-state index in [-0.39, 0.29) is 0 Å². The Hall–Kier alpha value is -0.0400. The summed E-state index contributed by atoms with van der Waals surface area (Å²) in [5, 5.41) is 0. The van der Waals surface area contributed by atoms with E-state index in [1.807, 2.05) is 0 Å². The second-order valence-electron chi connectivity index (χ2n) is 3.37. The monoisotopic (exact) mass is 143 g/mol. The Morgan fingerprint density at radius 3 is 1.20 bits per heavy atom. The molecule has 0 aromatic carbocycles. The first-order chi connectivity index (χ1) is 4.79. The summed E-state index contributed by atoms with van der Waals surface area (Å²) in [4.78, 5) is 0. The van der Waals surface area contributed by atoms with Gasteiger partial charge in [-0.15, -0.1) is 0 Å². The van der Waals surface area contributed by atoms with Crippen molar-refractivity contribution in [2.24, 2.45) is 17.6 Å². The first-order valence-corrected chi connectivity index (χ1v) is 4.37. The molecule has 62 valence electrons. The highest BCUT2D eigenvalue weighted by Gasteiger charge is 2.13. The van der Waals surface area contributed by atoms with Gasteiger partial charge in [-0.05, 0) is 18.9 Å². The minimum absolute atomic E-state index is 1.02. The first kappa shape index (κ1) is 9.96. The van der Waals surface area contributed by atoms with Crippen LogP contribution >= 0.6 is 0 Å². The zero-order valence-electron chi connectivity index (χ0n) is 7.56. The lowest BCUT2D eigenvalue weighted by Gasteiger charge is -2.22. The maximum Gasteiger partial charge on any atom is -0.0195 e. The summed E-state index contributed by atoms with van der Waals surface area (Å²) >= 11 is 0. The van der Waals surface area contributed by atoms with Gasteiger partial charge < -0.3 is 5.73 Å². The van der Waals surface area contributed by atoms with Gasteiger partial charge in [0.05, 0.1) is 0 Å². The minimum Gasteiger partial charge on any atom is -0.333 e. The molecule has 0 saturated heterocycles. The van der Waals surface area contributed by atoms with Gasteiger partial charge in [0.25, 0.3) is 0 Å². The molecule has 0 atom stereocenters. The van der Waals surface area contributed by atoms with E-state index in [9.17, 15) is 0 Å². The molecule has 1 nitrogen and oxygen atoms in total. The molecule has 1 aliphatic carbocycles. The van der Waals surface area contributed by atoms with E-state index >= 15 is 0 Å². The van der Waals surface area contributed by atoms with E-state index in [0.29, 0.717) is 0 Å². The Morgan fingerprint density at radius 2 is 1.00 bits per heavy atom. The van der Waals surface area contributed by atoms with Gasteiger partial charge in [0.2, 0.25) is 0 Å². The van der Waals surface area contributed by atoms with Gasteiger partial charge in [-0.2, -0.15) is 0 Å². The minimum atomic E-state index is 1.02. The van der Waals surface area contributed by atoms with Crippen molar-refractivity contribution < 1.29 is 0 Å². The highest BCUT2D eigenvalue weighted by atomic mass is 14.4. The molecule has 0 aromatic rings. The van der Waals surface area contributed by atoms with E-state index in [2.05, 4.69) is 19.6 Å². The second kappa shape index (κ2) is 5.72. The number of hydrogen-bond donors (Lipinski definition) is 1.